The van der Waals surface area contributed by atoms with Crippen LogP contribution in [0.1, 0.15) is 38.6 Å². The lowest BCUT2D eigenvalue weighted by atomic mass is 10.1. The number of methoxy groups -OCH3 is 1. The van der Waals surface area contributed by atoms with Gasteiger partial charge in [0, 0.05) is 10.8 Å². The van der Waals surface area contributed by atoms with E-state index >= 15 is 0 Å². The van der Waals surface area contributed by atoms with E-state index in [-0.39, 0.29) is 12.4 Å². The molecule has 4 aromatic rings. The summed E-state index contributed by atoms with van der Waals surface area (Å²) in [4.78, 5) is 11.3. The molecule has 0 radical (unpaired) electrons. The minimum atomic E-state index is -0.441. The molecule has 2 heterocycles. The topological polar surface area (TPSA) is 72.8 Å². The van der Waals surface area contributed by atoms with Crippen molar-refractivity contribution in [1.29, 1.82) is 0 Å². The standard InChI is InChI=1S/C12H12O3.C11H12O2/c1-7-4-8(2)11-9(5-7)6-10(15-11)12(13)14-3;1-7-3-8(2)11-9(4-7)5-10(6-12)13-11/h4-6H,1-3H3;3-5,12H,6H2,1-2H3. The summed E-state index contributed by atoms with van der Waals surface area (Å²) in [5.41, 5.74) is 6.15. The molecule has 28 heavy (non-hydrogen) atoms. The second-order valence-corrected chi connectivity index (χ2v) is 6.97. The summed E-state index contributed by atoms with van der Waals surface area (Å²) in [6.45, 7) is 8.00. The number of fused-ring (bicyclic) bond motifs is 2. The maximum atomic E-state index is 11.3. The number of esters is 1. The monoisotopic (exact) mass is 380 g/mol. The molecule has 146 valence electrons. The lowest BCUT2D eigenvalue weighted by Gasteiger charge is -1.96. The molecule has 0 saturated carbocycles. The Morgan fingerprint density at radius 3 is 1.93 bits per heavy atom. The number of hydrogen-bond acceptors (Lipinski definition) is 5. The smallest absolute Gasteiger partial charge is 0.373 e. The van der Waals surface area contributed by atoms with Crippen LogP contribution in [-0.2, 0) is 11.3 Å². The first-order valence-electron chi connectivity index (χ1n) is 9.02. The van der Waals surface area contributed by atoms with Gasteiger partial charge in [-0.25, -0.2) is 4.79 Å². The Morgan fingerprint density at radius 1 is 0.857 bits per heavy atom. The maximum absolute atomic E-state index is 11.3. The SMILES string of the molecule is COC(=O)c1cc2cc(C)cc(C)c2o1.Cc1cc(C)c2oc(CO)cc2c1. The third kappa shape index (κ3) is 3.94. The molecule has 0 bridgehead atoms. The van der Waals surface area contributed by atoms with Gasteiger partial charge in [-0.2, -0.15) is 0 Å². The van der Waals surface area contributed by atoms with Gasteiger partial charge in [0.2, 0.25) is 5.76 Å². The minimum Gasteiger partial charge on any atom is -0.463 e. The van der Waals surface area contributed by atoms with Crippen LogP contribution in [0.2, 0.25) is 0 Å². The number of carbonyl (C=O) groups excluding carboxylic acids is 1. The molecule has 0 aliphatic heterocycles. The van der Waals surface area contributed by atoms with Crippen LogP contribution in [0.15, 0.2) is 45.2 Å². The Labute approximate surface area is 163 Å². The molecule has 0 aliphatic carbocycles. The highest BCUT2D eigenvalue weighted by atomic mass is 16.5. The quantitative estimate of drug-likeness (QED) is 0.473. The Bertz CT molecular complexity index is 1150. The second-order valence-electron chi connectivity index (χ2n) is 6.97. The highest BCUT2D eigenvalue weighted by molar-refractivity contribution is 5.93. The number of aliphatic hydroxyl groups is 1. The molecule has 4 rings (SSSR count). The van der Waals surface area contributed by atoms with E-state index in [0.29, 0.717) is 5.76 Å². The molecule has 0 atom stereocenters. The second kappa shape index (κ2) is 7.90. The Morgan fingerprint density at radius 2 is 1.39 bits per heavy atom. The van der Waals surface area contributed by atoms with Gasteiger partial charge >= 0.3 is 5.97 Å². The summed E-state index contributed by atoms with van der Waals surface area (Å²) in [7, 11) is 1.34. The van der Waals surface area contributed by atoms with Crippen LogP contribution < -0.4 is 0 Å². The highest BCUT2D eigenvalue weighted by Gasteiger charge is 2.13. The van der Waals surface area contributed by atoms with Crippen molar-refractivity contribution in [3.8, 4) is 0 Å². The van der Waals surface area contributed by atoms with E-state index in [1.807, 2.05) is 39.0 Å². The van der Waals surface area contributed by atoms with E-state index in [1.54, 1.807) is 6.07 Å². The lowest BCUT2D eigenvalue weighted by molar-refractivity contribution is 0.0567. The van der Waals surface area contributed by atoms with Crippen LogP contribution in [-0.4, -0.2) is 18.2 Å². The molecule has 0 unspecified atom stereocenters. The summed E-state index contributed by atoms with van der Waals surface area (Å²) in [6, 6.07) is 11.7. The van der Waals surface area contributed by atoms with E-state index < -0.39 is 5.97 Å². The fourth-order valence-corrected chi connectivity index (χ4v) is 3.36. The van der Waals surface area contributed by atoms with Gasteiger partial charge < -0.3 is 18.7 Å². The van der Waals surface area contributed by atoms with E-state index in [9.17, 15) is 4.79 Å². The van der Waals surface area contributed by atoms with Gasteiger partial charge in [0.25, 0.3) is 0 Å². The number of aryl methyl sites for hydroxylation is 4. The average Bonchev–Trinajstić information content (AvgIpc) is 3.25. The van der Waals surface area contributed by atoms with E-state index in [4.69, 9.17) is 13.9 Å². The van der Waals surface area contributed by atoms with Gasteiger partial charge in [0.05, 0.1) is 7.11 Å². The molecule has 1 N–H and O–H groups in total. The third-order valence-corrected chi connectivity index (χ3v) is 4.49. The summed E-state index contributed by atoms with van der Waals surface area (Å²) in [5, 5.41) is 10.9. The molecule has 2 aromatic carbocycles. The van der Waals surface area contributed by atoms with Crippen molar-refractivity contribution in [2.45, 2.75) is 34.3 Å². The lowest BCUT2D eigenvalue weighted by Crippen LogP contribution is -1.97. The fourth-order valence-electron chi connectivity index (χ4n) is 3.36. The van der Waals surface area contributed by atoms with Gasteiger partial charge in [-0.3, -0.25) is 0 Å². The molecule has 2 aromatic heterocycles. The van der Waals surface area contributed by atoms with Crippen LogP contribution in [0.5, 0.6) is 0 Å². The van der Waals surface area contributed by atoms with Gasteiger partial charge in [-0.15, -0.1) is 0 Å². The number of furan rings is 2. The van der Waals surface area contributed by atoms with Gasteiger partial charge in [0.1, 0.15) is 23.5 Å². The highest BCUT2D eigenvalue weighted by Crippen LogP contribution is 2.25. The molecule has 0 saturated heterocycles. The van der Waals surface area contributed by atoms with E-state index in [0.717, 1.165) is 38.6 Å². The summed E-state index contributed by atoms with van der Waals surface area (Å²) in [5.74, 6) is 0.438. The number of rotatable bonds is 2. The molecule has 5 heteroatoms. The van der Waals surface area contributed by atoms with Crippen molar-refractivity contribution in [3.05, 3.63) is 70.2 Å². The number of benzene rings is 2. The third-order valence-electron chi connectivity index (χ3n) is 4.49. The molecule has 0 spiro atoms. The van der Waals surface area contributed by atoms with Crippen LogP contribution >= 0.6 is 0 Å². The summed E-state index contributed by atoms with van der Waals surface area (Å²) >= 11 is 0. The number of ether oxygens (including phenoxy) is 1. The molecule has 5 nitrogen and oxygen atoms in total. The zero-order valence-corrected chi connectivity index (χ0v) is 16.8. The Hall–Kier alpha value is -3.05. The zero-order valence-electron chi connectivity index (χ0n) is 16.8. The van der Waals surface area contributed by atoms with Gasteiger partial charge in [0.15, 0.2) is 0 Å². The molecular weight excluding hydrogens is 356 g/mol. The van der Waals surface area contributed by atoms with Crippen molar-refractivity contribution in [1.82, 2.24) is 0 Å². The first kappa shape index (κ1) is 19.7. The van der Waals surface area contributed by atoms with Crippen molar-refractivity contribution in [2.24, 2.45) is 0 Å². The van der Waals surface area contributed by atoms with Crippen LogP contribution in [0.4, 0.5) is 0 Å². The van der Waals surface area contributed by atoms with Crippen molar-refractivity contribution >= 4 is 27.9 Å². The average molecular weight is 380 g/mol. The normalized spacial score (nSPS) is 10.8. The zero-order chi connectivity index (χ0) is 20.4. The molecule has 0 amide bonds. The molecule has 0 fully saturated rings. The maximum Gasteiger partial charge on any atom is 0.373 e. The predicted octanol–water partition coefficient (Wildman–Crippen LogP) is 5.38. The van der Waals surface area contributed by atoms with Crippen molar-refractivity contribution in [3.63, 3.8) is 0 Å². The van der Waals surface area contributed by atoms with Crippen LogP contribution in [0.25, 0.3) is 21.9 Å². The Balaban J connectivity index is 0.000000162. The number of aliphatic hydroxyl groups excluding tert-OH is 1. The van der Waals surface area contributed by atoms with Gasteiger partial charge in [-0.1, -0.05) is 17.7 Å². The minimum absolute atomic E-state index is 0.0346. The van der Waals surface area contributed by atoms with Crippen LogP contribution in [0, 0.1) is 27.7 Å². The van der Waals surface area contributed by atoms with Crippen molar-refractivity contribution < 1.29 is 23.5 Å². The van der Waals surface area contributed by atoms with E-state index in [1.165, 1.54) is 12.7 Å². The largest absolute Gasteiger partial charge is 0.463 e. The molecular formula is C23H24O5. The van der Waals surface area contributed by atoms with Crippen LogP contribution in [0.3, 0.4) is 0 Å². The predicted molar refractivity (Wildman–Crippen MR) is 109 cm³/mol. The summed E-state index contributed by atoms with van der Waals surface area (Å²) in [6.07, 6.45) is 0. The van der Waals surface area contributed by atoms with E-state index in [2.05, 4.69) is 23.8 Å². The first-order valence-corrected chi connectivity index (χ1v) is 9.02. The van der Waals surface area contributed by atoms with Crippen molar-refractivity contribution in [2.75, 3.05) is 7.11 Å². The summed E-state index contributed by atoms with van der Waals surface area (Å²) < 4.78 is 15.5. The number of hydrogen-bond donors (Lipinski definition) is 1. The fraction of sp³-hybridized carbons (Fsp3) is 0.261. The number of carbonyl (C=O) groups is 1. The first-order chi connectivity index (χ1) is 13.3. The Kier molecular flexibility index (Phi) is 5.56. The van der Waals surface area contributed by atoms with Gasteiger partial charge in [-0.05, 0) is 68.7 Å². The molecule has 0 aliphatic rings.